The number of nitrogens with zero attached hydrogens (tertiary/aromatic N) is 3. The third-order valence-corrected chi connectivity index (χ3v) is 4.74. The number of nitrogens with two attached hydrogens (primary N) is 1. The third-order valence-electron chi connectivity index (χ3n) is 3.79. The van der Waals surface area contributed by atoms with Gasteiger partial charge in [0.25, 0.3) is 5.89 Å². The van der Waals surface area contributed by atoms with E-state index in [4.69, 9.17) is 10.3 Å². The second kappa shape index (κ2) is 6.44. The monoisotopic (exact) mass is 328 g/mol. The molecular formula is C14H21ClN4OS. The predicted octanol–water partition coefficient (Wildman–Crippen LogP) is 3.01. The molecule has 2 N–H and O–H groups in total. The zero-order chi connectivity index (χ0) is 14.2. The average molecular weight is 329 g/mol. The first-order chi connectivity index (χ1) is 9.58. The van der Waals surface area contributed by atoms with E-state index in [0.717, 1.165) is 37.1 Å². The molecule has 2 aromatic heterocycles. The molecule has 0 aliphatic heterocycles. The molecule has 2 heterocycles. The molecule has 1 fully saturated rings. The normalized spacial score (nSPS) is 17.1. The van der Waals surface area contributed by atoms with Crippen LogP contribution in [0.15, 0.2) is 16.0 Å². The minimum absolute atomic E-state index is 0. The summed E-state index contributed by atoms with van der Waals surface area (Å²) in [5.74, 6) is 1.26. The Balaban J connectivity index is 0.00000161. The minimum Gasteiger partial charge on any atom is -0.333 e. The van der Waals surface area contributed by atoms with Gasteiger partial charge in [-0.15, -0.1) is 23.7 Å². The molecule has 2 aromatic rings. The lowest BCUT2D eigenvalue weighted by Gasteiger charge is -2.17. The van der Waals surface area contributed by atoms with E-state index >= 15 is 0 Å². The Morgan fingerprint density at radius 2 is 2.10 bits per heavy atom. The predicted molar refractivity (Wildman–Crippen MR) is 86.6 cm³/mol. The molecular weight excluding hydrogens is 308 g/mol. The first kappa shape index (κ1) is 16.4. The lowest BCUT2D eigenvalue weighted by Crippen LogP contribution is -2.34. The van der Waals surface area contributed by atoms with Crippen molar-refractivity contribution in [1.82, 2.24) is 15.0 Å². The van der Waals surface area contributed by atoms with Gasteiger partial charge in [-0.1, -0.05) is 18.0 Å². The van der Waals surface area contributed by atoms with Gasteiger partial charge in [0.1, 0.15) is 0 Å². The highest BCUT2D eigenvalue weighted by Crippen LogP contribution is 2.36. The highest BCUT2D eigenvalue weighted by atomic mass is 35.5. The van der Waals surface area contributed by atoms with Crippen LogP contribution in [-0.2, 0) is 12.1 Å². The van der Waals surface area contributed by atoms with Crippen LogP contribution >= 0.6 is 23.7 Å². The van der Waals surface area contributed by atoms with Crippen LogP contribution in [0.5, 0.6) is 0 Å². The van der Waals surface area contributed by atoms with Crippen molar-refractivity contribution < 1.29 is 4.52 Å². The highest BCUT2D eigenvalue weighted by Gasteiger charge is 2.36. The number of hydrogen-bond acceptors (Lipinski definition) is 6. The Bertz CT molecular complexity index is 589. The van der Waals surface area contributed by atoms with E-state index in [1.807, 2.05) is 14.1 Å². The van der Waals surface area contributed by atoms with E-state index in [1.54, 1.807) is 11.3 Å². The number of aromatic nitrogens is 2. The molecule has 1 aliphatic carbocycles. The minimum atomic E-state index is -0.388. The summed E-state index contributed by atoms with van der Waals surface area (Å²) in [6.45, 7) is 0.865. The molecule has 3 rings (SSSR count). The summed E-state index contributed by atoms with van der Waals surface area (Å²) in [6.07, 6.45) is 4.18. The quantitative estimate of drug-likeness (QED) is 0.934. The largest absolute Gasteiger partial charge is 0.333 e. The van der Waals surface area contributed by atoms with E-state index in [0.29, 0.717) is 11.7 Å². The zero-order valence-electron chi connectivity index (χ0n) is 12.3. The van der Waals surface area contributed by atoms with Crippen LogP contribution in [0.4, 0.5) is 0 Å². The molecule has 0 bridgehead atoms. The Labute approximate surface area is 134 Å². The molecule has 0 unspecified atom stereocenters. The smallest absolute Gasteiger partial charge is 0.268 e. The van der Waals surface area contributed by atoms with Crippen molar-refractivity contribution in [2.24, 2.45) is 5.73 Å². The molecule has 1 saturated carbocycles. The Kier molecular flexibility index (Phi) is 5.03. The van der Waals surface area contributed by atoms with Gasteiger partial charge in [0.15, 0.2) is 5.82 Å². The second-order valence-corrected chi connectivity index (χ2v) is 6.72. The fourth-order valence-corrected chi connectivity index (χ4v) is 3.57. The number of rotatable bonds is 4. The van der Waals surface area contributed by atoms with Gasteiger partial charge in [0.2, 0.25) is 0 Å². The molecule has 0 atom stereocenters. The Morgan fingerprint density at radius 1 is 1.38 bits per heavy atom. The van der Waals surface area contributed by atoms with Crippen molar-refractivity contribution in [3.05, 3.63) is 22.8 Å². The highest BCUT2D eigenvalue weighted by molar-refractivity contribution is 7.13. The first-order valence-corrected chi connectivity index (χ1v) is 7.81. The first-order valence-electron chi connectivity index (χ1n) is 6.93. The fraction of sp³-hybridized carbons (Fsp3) is 0.571. The number of halogens is 1. The summed E-state index contributed by atoms with van der Waals surface area (Å²) in [7, 11) is 4.10. The molecule has 5 nitrogen and oxygen atoms in total. The van der Waals surface area contributed by atoms with Crippen LogP contribution in [0.3, 0.4) is 0 Å². The standard InChI is InChI=1S/C14H20N4OS.ClH/c1-18(2)9-10-5-8-20-11(10)12-16-13(17-19-12)14(15)6-3-4-7-14;/h5,8H,3-4,6-7,9,15H2,1-2H3;1H. The van der Waals surface area contributed by atoms with Crippen LogP contribution in [0, 0.1) is 0 Å². The topological polar surface area (TPSA) is 68.2 Å². The van der Waals surface area contributed by atoms with Crippen LogP contribution in [0.25, 0.3) is 10.8 Å². The van der Waals surface area contributed by atoms with Crippen molar-refractivity contribution in [2.45, 2.75) is 37.8 Å². The number of hydrogen-bond donors (Lipinski definition) is 1. The van der Waals surface area contributed by atoms with Gasteiger partial charge < -0.3 is 15.2 Å². The van der Waals surface area contributed by atoms with Crippen molar-refractivity contribution in [3.63, 3.8) is 0 Å². The molecule has 116 valence electrons. The summed E-state index contributed by atoms with van der Waals surface area (Å²) >= 11 is 1.64. The van der Waals surface area contributed by atoms with Gasteiger partial charge in [-0.25, -0.2) is 0 Å². The van der Waals surface area contributed by atoms with E-state index in [9.17, 15) is 0 Å². The van der Waals surface area contributed by atoms with Gasteiger partial charge in [-0.05, 0) is 43.9 Å². The average Bonchev–Trinajstić information content (AvgIpc) is 3.07. The van der Waals surface area contributed by atoms with Crippen LogP contribution in [0.1, 0.15) is 37.1 Å². The van der Waals surface area contributed by atoms with E-state index < -0.39 is 0 Å². The zero-order valence-corrected chi connectivity index (χ0v) is 14.0. The maximum absolute atomic E-state index is 6.38. The van der Waals surface area contributed by atoms with Crippen molar-refractivity contribution in [2.75, 3.05) is 14.1 Å². The fourth-order valence-electron chi connectivity index (χ4n) is 2.74. The molecule has 0 spiro atoms. The molecule has 0 amide bonds. The van der Waals surface area contributed by atoms with Crippen molar-refractivity contribution in [3.8, 4) is 10.8 Å². The Morgan fingerprint density at radius 3 is 2.76 bits per heavy atom. The van der Waals surface area contributed by atoms with Crippen LogP contribution < -0.4 is 5.73 Å². The van der Waals surface area contributed by atoms with Crippen molar-refractivity contribution in [1.29, 1.82) is 0 Å². The summed E-state index contributed by atoms with van der Waals surface area (Å²) < 4.78 is 5.46. The molecule has 7 heteroatoms. The SMILES string of the molecule is CN(C)Cc1ccsc1-c1nc(C2(N)CCCC2)no1.Cl. The van der Waals surface area contributed by atoms with Crippen LogP contribution in [0.2, 0.25) is 0 Å². The van der Waals surface area contributed by atoms with Crippen molar-refractivity contribution >= 4 is 23.7 Å². The van der Waals surface area contributed by atoms with E-state index in [1.165, 1.54) is 5.56 Å². The molecule has 0 aromatic carbocycles. The molecule has 0 radical (unpaired) electrons. The second-order valence-electron chi connectivity index (χ2n) is 5.80. The van der Waals surface area contributed by atoms with E-state index in [2.05, 4.69) is 26.5 Å². The van der Waals surface area contributed by atoms with Gasteiger partial charge in [-0.3, -0.25) is 0 Å². The molecule has 1 aliphatic rings. The number of thiophene rings is 1. The molecule has 21 heavy (non-hydrogen) atoms. The maximum atomic E-state index is 6.38. The van der Waals surface area contributed by atoms with Gasteiger partial charge >= 0.3 is 0 Å². The van der Waals surface area contributed by atoms with Gasteiger partial charge in [0.05, 0.1) is 10.4 Å². The van der Waals surface area contributed by atoms with E-state index in [-0.39, 0.29) is 17.9 Å². The maximum Gasteiger partial charge on any atom is 0.268 e. The summed E-state index contributed by atoms with van der Waals surface area (Å²) in [5.41, 5.74) is 7.20. The summed E-state index contributed by atoms with van der Waals surface area (Å²) in [5, 5.41) is 6.19. The third kappa shape index (κ3) is 3.29. The summed E-state index contributed by atoms with van der Waals surface area (Å²) in [4.78, 5) is 7.75. The molecule has 0 saturated heterocycles. The lowest BCUT2D eigenvalue weighted by atomic mass is 9.99. The van der Waals surface area contributed by atoms with Gasteiger partial charge in [0, 0.05) is 6.54 Å². The van der Waals surface area contributed by atoms with Gasteiger partial charge in [-0.2, -0.15) is 4.98 Å². The lowest BCUT2D eigenvalue weighted by molar-refractivity contribution is 0.372. The van der Waals surface area contributed by atoms with Crippen LogP contribution in [-0.4, -0.2) is 29.1 Å². The summed E-state index contributed by atoms with van der Waals surface area (Å²) in [6, 6.07) is 2.11. The Hall–Kier alpha value is -0.950.